The Hall–Kier alpha value is -2.37. The Labute approximate surface area is 110 Å². The molecule has 1 unspecified atom stereocenters. The number of carbonyl (C=O) groups excluding carboxylic acids is 2. The lowest BCUT2D eigenvalue weighted by molar-refractivity contribution is -0.129. The van der Waals surface area contributed by atoms with Gasteiger partial charge in [0.1, 0.15) is 6.17 Å². The van der Waals surface area contributed by atoms with Gasteiger partial charge in [-0.2, -0.15) is 0 Å². The molecule has 1 saturated heterocycles. The second-order valence-electron chi connectivity index (χ2n) is 4.63. The Kier molecular flexibility index (Phi) is 2.70. The van der Waals surface area contributed by atoms with E-state index in [1.807, 2.05) is 0 Å². The van der Waals surface area contributed by atoms with Crippen molar-refractivity contribution in [1.29, 1.82) is 0 Å². The van der Waals surface area contributed by atoms with Crippen LogP contribution in [-0.4, -0.2) is 39.4 Å². The monoisotopic (exact) mass is 258 g/mol. The third-order valence-electron chi connectivity index (χ3n) is 3.54. The van der Waals surface area contributed by atoms with Crippen molar-refractivity contribution in [3.05, 3.63) is 36.2 Å². The van der Waals surface area contributed by atoms with Crippen LogP contribution in [0.1, 0.15) is 18.4 Å². The number of nitrogens with two attached hydrogens (primary N) is 1. The Morgan fingerprint density at radius 1 is 1.37 bits per heavy atom. The molecule has 1 aromatic rings. The van der Waals surface area contributed by atoms with Crippen molar-refractivity contribution < 1.29 is 9.59 Å². The largest absolute Gasteiger partial charge is 0.351 e. The van der Waals surface area contributed by atoms with Gasteiger partial charge in [-0.25, -0.2) is 4.79 Å². The Bertz CT molecular complexity index is 555. The first-order chi connectivity index (χ1) is 9.18. The Morgan fingerprint density at radius 3 is 2.79 bits per heavy atom. The second-order valence-corrected chi connectivity index (χ2v) is 4.63. The Balaban J connectivity index is 2.08. The van der Waals surface area contributed by atoms with Crippen molar-refractivity contribution in [3.63, 3.8) is 0 Å². The van der Waals surface area contributed by atoms with Gasteiger partial charge in [0.05, 0.1) is 5.70 Å². The van der Waals surface area contributed by atoms with Crippen LogP contribution >= 0.6 is 0 Å². The molecular formula is C13H14N4O2. The zero-order chi connectivity index (χ0) is 13.4. The van der Waals surface area contributed by atoms with Gasteiger partial charge in [0, 0.05) is 30.6 Å². The molecule has 1 fully saturated rings. The van der Waals surface area contributed by atoms with Crippen molar-refractivity contribution in [2.24, 2.45) is 5.73 Å². The first-order valence-electron chi connectivity index (χ1n) is 6.20. The summed E-state index contributed by atoms with van der Waals surface area (Å²) in [7, 11) is 0. The van der Waals surface area contributed by atoms with Gasteiger partial charge in [-0.1, -0.05) is 0 Å². The summed E-state index contributed by atoms with van der Waals surface area (Å²) in [6.45, 7) is 0.674. The molecule has 3 heterocycles. The fraction of sp³-hybridized carbons (Fsp3) is 0.308. The van der Waals surface area contributed by atoms with Crippen LogP contribution in [-0.2, 0) is 4.79 Å². The summed E-state index contributed by atoms with van der Waals surface area (Å²) in [6, 6.07) is 2.99. The van der Waals surface area contributed by atoms with Crippen molar-refractivity contribution in [2.75, 3.05) is 6.54 Å². The minimum atomic E-state index is -0.535. The maximum Gasteiger partial charge on any atom is 0.321 e. The summed E-state index contributed by atoms with van der Waals surface area (Å²) < 4.78 is 0. The molecule has 3 rings (SSSR count). The lowest BCUT2D eigenvalue weighted by atomic mass is 10.1. The van der Waals surface area contributed by atoms with E-state index in [-0.39, 0.29) is 12.1 Å². The third kappa shape index (κ3) is 1.85. The minimum absolute atomic E-state index is 0.0631. The molecule has 0 bridgehead atoms. The van der Waals surface area contributed by atoms with E-state index in [2.05, 4.69) is 4.98 Å². The predicted octanol–water partition coefficient (Wildman–Crippen LogP) is 0.765. The highest BCUT2D eigenvalue weighted by atomic mass is 16.2. The fourth-order valence-corrected chi connectivity index (χ4v) is 2.72. The van der Waals surface area contributed by atoms with Gasteiger partial charge < -0.3 is 10.6 Å². The summed E-state index contributed by atoms with van der Waals surface area (Å²) >= 11 is 0. The molecule has 1 atom stereocenters. The van der Waals surface area contributed by atoms with E-state index in [1.54, 1.807) is 29.4 Å². The first kappa shape index (κ1) is 11.7. The van der Waals surface area contributed by atoms with Crippen LogP contribution < -0.4 is 5.73 Å². The zero-order valence-corrected chi connectivity index (χ0v) is 10.3. The smallest absolute Gasteiger partial charge is 0.321 e. The van der Waals surface area contributed by atoms with Crippen molar-refractivity contribution in [1.82, 2.24) is 14.8 Å². The van der Waals surface area contributed by atoms with E-state index >= 15 is 0 Å². The maximum atomic E-state index is 12.1. The highest BCUT2D eigenvalue weighted by molar-refractivity contribution is 6.00. The van der Waals surface area contributed by atoms with Gasteiger partial charge >= 0.3 is 6.03 Å². The van der Waals surface area contributed by atoms with Crippen LogP contribution in [0.5, 0.6) is 0 Å². The molecule has 0 aromatic carbocycles. The van der Waals surface area contributed by atoms with E-state index in [9.17, 15) is 9.59 Å². The summed E-state index contributed by atoms with van der Waals surface area (Å²) in [6.07, 6.45) is 6.12. The normalized spacial score (nSPS) is 22.2. The lowest BCUT2D eigenvalue weighted by Crippen LogP contribution is -2.53. The number of hydrogen-bond donors (Lipinski definition) is 1. The molecule has 2 aliphatic rings. The number of carbonyl (C=O) groups is 2. The number of amides is 3. The molecule has 3 amide bonds. The molecule has 0 aliphatic carbocycles. The van der Waals surface area contributed by atoms with Gasteiger partial charge in [-0.3, -0.25) is 14.7 Å². The minimum Gasteiger partial charge on any atom is -0.351 e. The molecule has 1 aromatic heterocycles. The van der Waals surface area contributed by atoms with Crippen LogP contribution in [0.4, 0.5) is 4.79 Å². The quantitative estimate of drug-likeness (QED) is 0.807. The van der Waals surface area contributed by atoms with E-state index in [4.69, 9.17) is 5.73 Å². The van der Waals surface area contributed by atoms with Gasteiger partial charge in [0.2, 0.25) is 5.91 Å². The zero-order valence-electron chi connectivity index (χ0n) is 10.3. The van der Waals surface area contributed by atoms with E-state index in [0.717, 1.165) is 18.4 Å². The molecule has 0 spiro atoms. The Morgan fingerprint density at radius 2 is 2.11 bits per heavy atom. The molecule has 6 nitrogen and oxygen atoms in total. The van der Waals surface area contributed by atoms with E-state index < -0.39 is 6.03 Å². The third-order valence-corrected chi connectivity index (χ3v) is 3.54. The predicted molar refractivity (Wildman–Crippen MR) is 68.4 cm³/mol. The first-order valence-corrected chi connectivity index (χ1v) is 6.20. The number of pyridine rings is 1. The van der Waals surface area contributed by atoms with Crippen molar-refractivity contribution in [2.45, 2.75) is 19.0 Å². The molecule has 98 valence electrons. The molecular weight excluding hydrogens is 244 g/mol. The average Bonchev–Trinajstić information content (AvgIpc) is 2.88. The number of urea groups is 1. The van der Waals surface area contributed by atoms with E-state index in [0.29, 0.717) is 12.2 Å². The van der Waals surface area contributed by atoms with Crippen molar-refractivity contribution >= 4 is 17.6 Å². The number of hydrogen-bond acceptors (Lipinski definition) is 3. The average molecular weight is 258 g/mol. The number of nitrogens with zero attached hydrogens (tertiary/aromatic N) is 3. The standard InChI is InChI=1S/C13H14N4O2/c14-13(19)17-10(9-3-5-15-6-4-9)8-12(18)16-7-1-2-11(16)17/h3-6,8,11H,1-2,7H2,(H2,14,19). The molecule has 2 aliphatic heterocycles. The SMILES string of the molecule is NC(=O)N1C(c2ccncc2)=CC(=O)N2CCCC21. The summed E-state index contributed by atoms with van der Waals surface area (Å²) in [4.78, 5) is 31.0. The van der Waals surface area contributed by atoms with Gasteiger partial charge in [-0.05, 0) is 25.0 Å². The van der Waals surface area contributed by atoms with E-state index in [1.165, 1.54) is 11.0 Å². The van der Waals surface area contributed by atoms with Gasteiger partial charge in [-0.15, -0.1) is 0 Å². The summed E-state index contributed by atoms with van der Waals surface area (Å²) in [5.41, 5.74) is 6.82. The number of primary amides is 1. The molecule has 19 heavy (non-hydrogen) atoms. The number of rotatable bonds is 1. The molecule has 0 radical (unpaired) electrons. The summed E-state index contributed by atoms with van der Waals surface area (Å²) in [5.74, 6) is -0.0631. The van der Waals surface area contributed by atoms with Crippen LogP contribution in [0.25, 0.3) is 5.70 Å². The highest BCUT2D eigenvalue weighted by Crippen LogP contribution is 2.32. The molecule has 6 heteroatoms. The van der Waals surface area contributed by atoms with Crippen LogP contribution in [0.3, 0.4) is 0 Å². The van der Waals surface area contributed by atoms with Crippen LogP contribution in [0.2, 0.25) is 0 Å². The molecule has 0 saturated carbocycles. The second kappa shape index (κ2) is 4.38. The van der Waals surface area contributed by atoms with Crippen molar-refractivity contribution in [3.8, 4) is 0 Å². The summed E-state index contributed by atoms with van der Waals surface area (Å²) in [5, 5.41) is 0. The molecule has 2 N–H and O–H groups in total. The van der Waals surface area contributed by atoms with Gasteiger partial charge in [0.25, 0.3) is 0 Å². The fourth-order valence-electron chi connectivity index (χ4n) is 2.72. The maximum absolute atomic E-state index is 12.1. The highest BCUT2D eigenvalue weighted by Gasteiger charge is 2.40. The lowest BCUT2D eigenvalue weighted by Gasteiger charge is -2.38. The number of aromatic nitrogens is 1. The van der Waals surface area contributed by atoms with Gasteiger partial charge in [0.15, 0.2) is 0 Å². The topological polar surface area (TPSA) is 79.5 Å². The van der Waals surface area contributed by atoms with Crippen LogP contribution in [0, 0.1) is 0 Å². The number of fused-ring (bicyclic) bond motifs is 1. The van der Waals surface area contributed by atoms with Crippen LogP contribution in [0.15, 0.2) is 30.6 Å².